The summed E-state index contributed by atoms with van der Waals surface area (Å²) in [5.41, 5.74) is 1.53. The molecule has 0 bridgehead atoms. The number of hydrogen-bond acceptors (Lipinski definition) is 3. The fourth-order valence-corrected chi connectivity index (χ4v) is 3.61. The average Bonchev–Trinajstić information content (AvgIpc) is 2.97. The molecule has 4 aromatic rings. The fraction of sp³-hybridized carbons (Fsp3) is 0.0526. The third-order valence-electron chi connectivity index (χ3n) is 3.78. The Morgan fingerprint density at radius 3 is 2.83 bits per heavy atom. The quantitative estimate of drug-likeness (QED) is 0.585. The first kappa shape index (κ1) is 14.8. The minimum Gasteiger partial charge on any atom is -0.302 e. The fourth-order valence-electron chi connectivity index (χ4n) is 2.71. The lowest BCUT2D eigenvalue weighted by molar-refractivity contribution is -0.115. The number of fused-ring (bicyclic) bond motifs is 3. The first-order valence-electron chi connectivity index (χ1n) is 7.52. The highest BCUT2D eigenvalue weighted by atomic mass is 32.1. The van der Waals surface area contributed by atoms with Crippen LogP contribution in [0.2, 0.25) is 0 Å². The summed E-state index contributed by atoms with van der Waals surface area (Å²) in [6.45, 7) is 0. The van der Waals surface area contributed by atoms with Gasteiger partial charge in [-0.25, -0.2) is 9.37 Å². The van der Waals surface area contributed by atoms with E-state index in [1.165, 1.54) is 23.5 Å². The summed E-state index contributed by atoms with van der Waals surface area (Å²) in [5, 5.41) is 5.55. The predicted octanol–water partition coefficient (Wildman–Crippen LogP) is 4.77. The van der Waals surface area contributed by atoms with Gasteiger partial charge < -0.3 is 5.32 Å². The van der Waals surface area contributed by atoms with Crippen LogP contribution in [0.3, 0.4) is 0 Å². The third kappa shape index (κ3) is 2.86. The van der Waals surface area contributed by atoms with Gasteiger partial charge in [-0.3, -0.25) is 4.79 Å². The second kappa shape index (κ2) is 6.02. The molecule has 0 aliphatic carbocycles. The first-order valence-corrected chi connectivity index (χ1v) is 8.33. The molecule has 0 saturated carbocycles. The first-order chi connectivity index (χ1) is 11.7. The van der Waals surface area contributed by atoms with Crippen LogP contribution in [-0.4, -0.2) is 10.9 Å². The molecule has 0 saturated heterocycles. The maximum atomic E-state index is 13.2. The number of benzene rings is 3. The number of aromatic nitrogens is 1. The molecule has 4 rings (SSSR count). The zero-order valence-corrected chi connectivity index (χ0v) is 13.4. The number of halogens is 1. The molecule has 3 nitrogen and oxygen atoms in total. The van der Waals surface area contributed by atoms with Crippen molar-refractivity contribution in [2.45, 2.75) is 6.42 Å². The van der Waals surface area contributed by atoms with E-state index in [4.69, 9.17) is 0 Å². The number of nitrogens with zero attached hydrogens (tertiary/aromatic N) is 1. The Balaban J connectivity index is 1.60. The second-order valence-corrected chi connectivity index (χ2v) is 6.54. The number of anilines is 1. The van der Waals surface area contributed by atoms with Crippen molar-refractivity contribution in [2.75, 3.05) is 5.32 Å². The van der Waals surface area contributed by atoms with Crippen molar-refractivity contribution in [3.05, 3.63) is 72.0 Å². The van der Waals surface area contributed by atoms with Crippen LogP contribution in [0, 0.1) is 5.82 Å². The number of hydrogen-bond donors (Lipinski definition) is 1. The molecule has 1 aromatic heterocycles. The zero-order chi connectivity index (χ0) is 16.5. The minimum atomic E-state index is -0.341. The molecule has 0 aliphatic heterocycles. The Hall–Kier alpha value is -2.79. The lowest BCUT2D eigenvalue weighted by Crippen LogP contribution is -2.14. The van der Waals surface area contributed by atoms with Gasteiger partial charge in [-0.1, -0.05) is 53.8 Å². The molecule has 0 atom stereocenters. The molecule has 0 fully saturated rings. The Labute approximate surface area is 141 Å². The monoisotopic (exact) mass is 336 g/mol. The van der Waals surface area contributed by atoms with Crippen LogP contribution in [0.15, 0.2) is 60.7 Å². The van der Waals surface area contributed by atoms with Crippen molar-refractivity contribution in [1.82, 2.24) is 4.98 Å². The SMILES string of the molecule is O=C(Cc1cccc(F)c1)Nc1nc2c(ccc3ccccc32)s1. The van der Waals surface area contributed by atoms with E-state index in [1.807, 2.05) is 36.4 Å². The van der Waals surface area contributed by atoms with Gasteiger partial charge in [0.2, 0.25) is 5.91 Å². The molecule has 1 heterocycles. The molecule has 24 heavy (non-hydrogen) atoms. The van der Waals surface area contributed by atoms with Crippen LogP contribution < -0.4 is 5.32 Å². The number of rotatable bonds is 3. The molecular formula is C19H13FN2OS. The van der Waals surface area contributed by atoms with Crippen LogP contribution in [0.4, 0.5) is 9.52 Å². The second-order valence-electron chi connectivity index (χ2n) is 5.51. The van der Waals surface area contributed by atoms with E-state index in [9.17, 15) is 9.18 Å². The van der Waals surface area contributed by atoms with Crippen LogP contribution in [0.1, 0.15) is 5.56 Å². The van der Waals surface area contributed by atoms with Crippen molar-refractivity contribution in [3.8, 4) is 0 Å². The van der Waals surface area contributed by atoms with E-state index in [-0.39, 0.29) is 18.1 Å². The highest BCUT2D eigenvalue weighted by Crippen LogP contribution is 2.31. The Bertz CT molecular complexity index is 1060. The summed E-state index contributed by atoms with van der Waals surface area (Å²) in [4.78, 5) is 16.7. The Kier molecular flexibility index (Phi) is 3.70. The van der Waals surface area contributed by atoms with E-state index in [0.717, 1.165) is 21.0 Å². The largest absolute Gasteiger partial charge is 0.302 e. The molecular weight excluding hydrogens is 323 g/mol. The number of nitrogens with one attached hydrogen (secondary N) is 1. The number of amides is 1. The van der Waals surface area contributed by atoms with Crippen LogP contribution >= 0.6 is 11.3 Å². The van der Waals surface area contributed by atoms with Crippen LogP contribution in [-0.2, 0) is 11.2 Å². The van der Waals surface area contributed by atoms with Gasteiger partial charge in [-0.05, 0) is 29.1 Å². The van der Waals surface area contributed by atoms with Gasteiger partial charge in [0.1, 0.15) is 5.82 Å². The molecule has 3 aromatic carbocycles. The van der Waals surface area contributed by atoms with Crippen molar-refractivity contribution in [3.63, 3.8) is 0 Å². The highest BCUT2D eigenvalue weighted by molar-refractivity contribution is 7.22. The van der Waals surface area contributed by atoms with Gasteiger partial charge in [0, 0.05) is 5.39 Å². The Morgan fingerprint density at radius 2 is 1.96 bits per heavy atom. The normalized spacial score (nSPS) is 11.0. The average molecular weight is 336 g/mol. The summed E-state index contributed by atoms with van der Waals surface area (Å²) in [7, 11) is 0. The van der Waals surface area contributed by atoms with Gasteiger partial charge in [0.05, 0.1) is 16.6 Å². The van der Waals surface area contributed by atoms with Crippen molar-refractivity contribution < 1.29 is 9.18 Å². The van der Waals surface area contributed by atoms with Crippen molar-refractivity contribution >= 4 is 43.4 Å². The maximum absolute atomic E-state index is 13.2. The summed E-state index contributed by atoms with van der Waals surface area (Å²) < 4.78 is 14.2. The highest BCUT2D eigenvalue weighted by Gasteiger charge is 2.11. The number of carbonyl (C=O) groups is 1. The number of carbonyl (C=O) groups excluding carboxylic acids is 1. The molecule has 1 amide bonds. The summed E-state index contributed by atoms with van der Waals surface area (Å²) in [6.07, 6.45) is 0.119. The van der Waals surface area contributed by atoms with Gasteiger partial charge in [0.15, 0.2) is 5.13 Å². The Morgan fingerprint density at radius 1 is 1.08 bits per heavy atom. The topological polar surface area (TPSA) is 42.0 Å². The molecule has 5 heteroatoms. The zero-order valence-electron chi connectivity index (χ0n) is 12.6. The van der Waals surface area contributed by atoms with Crippen molar-refractivity contribution in [1.29, 1.82) is 0 Å². The molecule has 0 radical (unpaired) electrons. The van der Waals surface area contributed by atoms with Gasteiger partial charge in [-0.15, -0.1) is 0 Å². The lowest BCUT2D eigenvalue weighted by Gasteiger charge is -2.02. The van der Waals surface area contributed by atoms with E-state index in [1.54, 1.807) is 12.1 Å². The maximum Gasteiger partial charge on any atom is 0.230 e. The van der Waals surface area contributed by atoms with E-state index >= 15 is 0 Å². The summed E-state index contributed by atoms with van der Waals surface area (Å²) >= 11 is 1.44. The van der Waals surface area contributed by atoms with Crippen molar-refractivity contribution in [2.24, 2.45) is 0 Å². The van der Waals surface area contributed by atoms with E-state index in [2.05, 4.69) is 10.3 Å². The summed E-state index contributed by atoms with van der Waals surface area (Å²) in [6, 6.07) is 18.1. The van der Waals surface area contributed by atoms with E-state index in [0.29, 0.717) is 10.7 Å². The van der Waals surface area contributed by atoms with Crippen LogP contribution in [0.5, 0.6) is 0 Å². The lowest BCUT2D eigenvalue weighted by atomic mass is 10.1. The van der Waals surface area contributed by atoms with Gasteiger partial charge in [0.25, 0.3) is 0 Å². The number of thiazole rings is 1. The molecule has 0 spiro atoms. The third-order valence-corrected chi connectivity index (χ3v) is 4.72. The van der Waals surface area contributed by atoms with E-state index < -0.39 is 0 Å². The molecule has 0 unspecified atom stereocenters. The molecule has 1 N–H and O–H groups in total. The molecule has 118 valence electrons. The van der Waals surface area contributed by atoms with Gasteiger partial charge >= 0.3 is 0 Å². The summed E-state index contributed by atoms with van der Waals surface area (Å²) in [5.74, 6) is -0.546. The van der Waals surface area contributed by atoms with Crippen LogP contribution in [0.25, 0.3) is 21.0 Å². The minimum absolute atomic E-state index is 0.119. The predicted molar refractivity (Wildman–Crippen MR) is 95.9 cm³/mol. The smallest absolute Gasteiger partial charge is 0.230 e. The molecule has 0 aliphatic rings. The van der Waals surface area contributed by atoms with Gasteiger partial charge in [-0.2, -0.15) is 0 Å². The standard InChI is InChI=1S/C19H13FN2OS/c20-14-6-3-4-12(10-14)11-17(23)21-19-22-18-15-7-2-1-5-13(15)8-9-16(18)24-19/h1-10H,11H2,(H,21,22,23).